The fraction of sp³-hybridized carbons (Fsp3) is 0.250. The Balaban J connectivity index is 2.43. The summed E-state index contributed by atoms with van der Waals surface area (Å²) in [5, 5.41) is 0. The molecule has 3 N–H and O–H groups in total. The predicted molar refractivity (Wildman–Crippen MR) is 78.2 cm³/mol. The van der Waals surface area contributed by atoms with E-state index in [9.17, 15) is 8.78 Å². The number of hydrogen-bond acceptors (Lipinski definition) is 3. The fourth-order valence-electron chi connectivity index (χ4n) is 2.23. The van der Waals surface area contributed by atoms with Gasteiger partial charge in [-0.3, -0.25) is 5.84 Å². The molecule has 0 aliphatic rings. The van der Waals surface area contributed by atoms with Crippen LogP contribution in [0.5, 0.6) is 5.75 Å². The molecule has 0 aliphatic carbocycles. The summed E-state index contributed by atoms with van der Waals surface area (Å²) in [6.07, 6.45) is 0. The molecule has 0 saturated heterocycles. The summed E-state index contributed by atoms with van der Waals surface area (Å²) in [7, 11) is 0. The van der Waals surface area contributed by atoms with E-state index in [-0.39, 0.29) is 5.75 Å². The molecule has 5 heteroatoms. The van der Waals surface area contributed by atoms with Crippen molar-refractivity contribution in [3.63, 3.8) is 0 Å². The fourth-order valence-corrected chi connectivity index (χ4v) is 2.23. The lowest BCUT2D eigenvalue weighted by molar-refractivity contribution is -0.0506. The molecule has 0 bridgehead atoms. The van der Waals surface area contributed by atoms with Crippen LogP contribution in [-0.4, -0.2) is 6.61 Å². The molecule has 0 amide bonds. The lowest BCUT2D eigenvalue weighted by Gasteiger charge is -2.21. The molecular weight excluding hydrogens is 274 g/mol. The summed E-state index contributed by atoms with van der Waals surface area (Å²) in [5.41, 5.74) is 6.41. The first-order valence-corrected chi connectivity index (χ1v) is 6.60. The van der Waals surface area contributed by atoms with Crippen molar-refractivity contribution in [2.45, 2.75) is 26.5 Å². The van der Waals surface area contributed by atoms with E-state index in [1.54, 1.807) is 18.2 Å². The van der Waals surface area contributed by atoms with Gasteiger partial charge in [-0.2, -0.15) is 8.78 Å². The van der Waals surface area contributed by atoms with Gasteiger partial charge >= 0.3 is 6.61 Å². The maximum atomic E-state index is 12.5. The quantitative estimate of drug-likeness (QED) is 0.655. The summed E-state index contributed by atoms with van der Waals surface area (Å²) in [6, 6.07) is 12.1. The molecule has 0 fully saturated rings. The number of hydrazine groups is 1. The van der Waals surface area contributed by atoms with Crippen LogP contribution in [0.2, 0.25) is 0 Å². The normalized spacial score (nSPS) is 12.5. The van der Waals surface area contributed by atoms with Crippen molar-refractivity contribution in [3.8, 4) is 5.75 Å². The molecule has 2 aromatic rings. The van der Waals surface area contributed by atoms with E-state index in [1.807, 2.05) is 32.0 Å². The number of halogens is 2. The van der Waals surface area contributed by atoms with Crippen LogP contribution in [0.1, 0.15) is 28.3 Å². The van der Waals surface area contributed by atoms with Crippen LogP contribution in [-0.2, 0) is 0 Å². The van der Waals surface area contributed by atoms with Gasteiger partial charge in [-0.25, -0.2) is 5.43 Å². The van der Waals surface area contributed by atoms with Gasteiger partial charge in [-0.15, -0.1) is 0 Å². The molecule has 0 aromatic heterocycles. The van der Waals surface area contributed by atoms with Gasteiger partial charge in [0.2, 0.25) is 0 Å². The summed E-state index contributed by atoms with van der Waals surface area (Å²) < 4.78 is 29.6. The number of alkyl halides is 2. The van der Waals surface area contributed by atoms with E-state index >= 15 is 0 Å². The number of rotatable bonds is 5. The van der Waals surface area contributed by atoms with Gasteiger partial charge in [-0.05, 0) is 36.6 Å². The molecule has 21 heavy (non-hydrogen) atoms. The Morgan fingerprint density at radius 2 is 1.76 bits per heavy atom. The number of ether oxygens (including phenoxy) is 1. The van der Waals surface area contributed by atoms with E-state index in [0.29, 0.717) is 5.56 Å². The van der Waals surface area contributed by atoms with E-state index in [0.717, 1.165) is 16.7 Å². The summed E-state index contributed by atoms with van der Waals surface area (Å²) >= 11 is 0. The Hall–Kier alpha value is -1.98. The van der Waals surface area contributed by atoms with Gasteiger partial charge in [-0.1, -0.05) is 36.4 Å². The predicted octanol–water partition coefficient (Wildman–Crippen LogP) is 3.46. The highest BCUT2D eigenvalue weighted by atomic mass is 19.3. The van der Waals surface area contributed by atoms with Gasteiger partial charge in [0.25, 0.3) is 0 Å². The number of benzene rings is 2. The van der Waals surface area contributed by atoms with Gasteiger partial charge in [0.1, 0.15) is 5.75 Å². The lowest BCUT2D eigenvalue weighted by Crippen LogP contribution is -2.29. The third-order valence-electron chi connectivity index (χ3n) is 3.48. The largest absolute Gasteiger partial charge is 0.434 e. The van der Waals surface area contributed by atoms with Crippen LogP contribution in [0.4, 0.5) is 8.78 Å². The minimum Gasteiger partial charge on any atom is -0.434 e. The Morgan fingerprint density at radius 3 is 2.38 bits per heavy atom. The van der Waals surface area contributed by atoms with Gasteiger partial charge < -0.3 is 4.74 Å². The monoisotopic (exact) mass is 292 g/mol. The van der Waals surface area contributed by atoms with Gasteiger partial charge in [0, 0.05) is 5.56 Å². The highest BCUT2D eigenvalue weighted by Gasteiger charge is 2.19. The Morgan fingerprint density at radius 1 is 1.05 bits per heavy atom. The molecular formula is C16H18F2N2O. The maximum Gasteiger partial charge on any atom is 0.387 e. The minimum atomic E-state index is -2.87. The lowest BCUT2D eigenvalue weighted by atomic mass is 9.95. The van der Waals surface area contributed by atoms with Crippen molar-refractivity contribution in [2.75, 3.05) is 0 Å². The second-order valence-electron chi connectivity index (χ2n) is 4.86. The Kier molecular flexibility index (Phi) is 4.88. The molecule has 0 spiro atoms. The van der Waals surface area contributed by atoms with E-state index in [2.05, 4.69) is 10.2 Å². The Labute approximate surface area is 122 Å². The number of nitrogens with two attached hydrogens (primary N) is 1. The molecule has 0 heterocycles. The molecule has 1 atom stereocenters. The van der Waals surface area contributed by atoms with Crippen molar-refractivity contribution in [2.24, 2.45) is 5.84 Å². The molecule has 1 unspecified atom stereocenters. The first kappa shape index (κ1) is 15.4. The number of aryl methyl sites for hydroxylation is 2. The van der Waals surface area contributed by atoms with Crippen LogP contribution >= 0.6 is 0 Å². The molecule has 0 aliphatic heterocycles. The Bertz CT molecular complexity index is 617. The highest BCUT2D eigenvalue weighted by molar-refractivity contribution is 5.43. The zero-order chi connectivity index (χ0) is 15.4. The highest BCUT2D eigenvalue weighted by Crippen LogP contribution is 2.31. The van der Waals surface area contributed by atoms with E-state index < -0.39 is 12.7 Å². The second kappa shape index (κ2) is 6.65. The third-order valence-corrected chi connectivity index (χ3v) is 3.48. The van der Waals surface area contributed by atoms with E-state index in [1.165, 1.54) is 6.07 Å². The van der Waals surface area contributed by atoms with Crippen molar-refractivity contribution in [1.82, 2.24) is 5.43 Å². The van der Waals surface area contributed by atoms with Crippen LogP contribution < -0.4 is 16.0 Å². The molecule has 0 saturated carbocycles. The first-order valence-electron chi connectivity index (χ1n) is 6.60. The average Bonchev–Trinajstić information content (AvgIpc) is 2.44. The van der Waals surface area contributed by atoms with Crippen molar-refractivity contribution in [3.05, 3.63) is 64.7 Å². The summed E-state index contributed by atoms with van der Waals surface area (Å²) in [6.45, 7) is 1.13. The summed E-state index contributed by atoms with van der Waals surface area (Å²) in [4.78, 5) is 0. The smallest absolute Gasteiger partial charge is 0.387 e. The van der Waals surface area contributed by atoms with Crippen molar-refractivity contribution < 1.29 is 13.5 Å². The second-order valence-corrected chi connectivity index (χ2v) is 4.86. The van der Waals surface area contributed by atoms with Crippen molar-refractivity contribution >= 4 is 0 Å². The maximum absolute atomic E-state index is 12.5. The van der Waals surface area contributed by atoms with Crippen molar-refractivity contribution in [1.29, 1.82) is 0 Å². The topological polar surface area (TPSA) is 47.3 Å². The van der Waals surface area contributed by atoms with Crippen LogP contribution in [0.15, 0.2) is 42.5 Å². The zero-order valence-corrected chi connectivity index (χ0v) is 11.9. The molecule has 112 valence electrons. The van der Waals surface area contributed by atoms with Gasteiger partial charge in [0.05, 0.1) is 6.04 Å². The average molecular weight is 292 g/mol. The SMILES string of the molecule is Cc1ccc(C(NN)c2ccccc2OC(F)F)cc1C. The minimum absolute atomic E-state index is 0.119. The molecule has 3 nitrogen and oxygen atoms in total. The molecule has 2 aromatic carbocycles. The van der Waals surface area contributed by atoms with Crippen LogP contribution in [0.3, 0.4) is 0 Å². The molecule has 2 rings (SSSR count). The van der Waals surface area contributed by atoms with Crippen LogP contribution in [0, 0.1) is 13.8 Å². The molecule has 0 radical (unpaired) electrons. The van der Waals surface area contributed by atoms with Crippen LogP contribution in [0.25, 0.3) is 0 Å². The number of hydrogen-bond donors (Lipinski definition) is 2. The number of para-hydroxylation sites is 1. The first-order chi connectivity index (χ1) is 10.0. The standard InChI is InChI=1S/C16H18F2N2O/c1-10-7-8-12(9-11(10)2)15(20-19)13-5-3-4-6-14(13)21-16(17)18/h3-9,15-16,20H,19H2,1-2H3. The number of nitrogens with one attached hydrogen (secondary N) is 1. The zero-order valence-electron chi connectivity index (χ0n) is 11.9. The van der Waals surface area contributed by atoms with E-state index in [4.69, 9.17) is 5.84 Å². The van der Waals surface area contributed by atoms with Gasteiger partial charge in [0.15, 0.2) is 0 Å². The summed E-state index contributed by atoms with van der Waals surface area (Å²) in [5.74, 6) is 5.75. The third kappa shape index (κ3) is 3.56.